The highest BCUT2D eigenvalue weighted by molar-refractivity contribution is 8.12. The molecule has 6 heteroatoms. The highest BCUT2D eigenvalue weighted by atomic mass is 32.2. The fraction of sp³-hybridized carbons (Fsp3) is 0.818. The van der Waals surface area contributed by atoms with E-state index in [1.165, 1.54) is 11.8 Å². The van der Waals surface area contributed by atoms with Gasteiger partial charge in [-0.3, -0.25) is 4.79 Å². The van der Waals surface area contributed by atoms with Crippen LogP contribution >= 0.6 is 11.8 Å². The number of amides is 3. The van der Waals surface area contributed by atoms with E-state index in [-0.39, 0.29) is 17.3 Å². The van der Waals surface area contributed by atoms with E-state index in [9.17, 15) is 9.59 Å². The van der Waals surface area contributed by atoms with Gasteiger partial charge in [0.15, 0.2) is 0 Å². The first-order valence-corrected chi connectivity index (χ1v) is 7.04. The number of carbonyl (C=O) groups excluding carboxylic acids is 2. The van der Waals surface area contributed by atoms with Crippen LogP contribution in [0.1, 0.15) is 13.8 Å². The third-order valence-electron chi connectivity index (χ3n) is 3.06. The predicted octanol–water partition coefficient (Wildman–Crippen LogP) is 1.55. The van der Waals surface area contributed by atoms with E-state index < -0.39 is 0 Å². The third-order valence-corrected chi connectivity index (χ3v) is 3.67. The van der Waals surface area contributed by atoms with E-state index in [4.69, 9.17) is 0 Å². The first kappa shape index (κ1) is 14.2. The van der Waals surface area contributed by atoms with Gasteiger partial charge in [-0.2, -0.15) is 0 Å². The Morgan fingerprint density at radius 2 is 1.59 bits per heavy atom. The zero-order chi connectivity index (χ0) is 13.0. The summed E-state index contributed by atoms with van der Waals surface area (Å²) in [5, 5.41) is 0.0920. The Morgan fingerprint density at radius 1 is 1.12 bits per heavy atom. The van der Waals surface area contributed by atoms with Gasteiger partial charge in [-0.15, -0.1) is 0 Å². The van der Waals surface area contributed by atoms with Gasteiger partial charge in [0.25, 0.3) is 5.24 Å². The summed E-state index contributed by atoms with van der Waals surface area (Å²) in [7, 11) is 1.81. The van der Waals surface area contributed by atoms with E-state index in [0.717, 1.165) is 0 Å². The van der Waals surface area contributed by atoms with Crippen LogP contribution < -0.4 is 0 Å². The average molecular weight is 259 g/mol. The van der Waals surface area contributed by atoms with Crippen molar-refractivity contribution in [1.82, 2.24) is 14.7 Å². The molecule has 5 nitrogen and oxygen atoms in total. The van der Waals surface area contributed by atoms with E-state index in [1.54, 1.807) is 16.1 Å². The second-order valence-electron chi connectivity index (χ2n) is 4.43. The van der Waals surface area contributed by atoms with Crippen LogP contribution in [0.2, 0.25) is 0 Å². The van der Waals surface area contributed by atoms with Crippen molar-refractivity contribution in [3.63, 3.8) is 0 Å². The molecule has 1 aliphatic rings. The van der Waals surface area contributed by atoms with Gasteiger partial charge in [-0.1, -0.05) is 11.8 Å². The summed E-state index contributed by atoms with van der Waals surface area (Å²) >= 11 is 1.23. The van der Waals surface area contributed by atoms with Crippen molar-refractivity contribution < 1.29 is 9.59 Å². The molecule has 3 amide bonds. The Kier molecular flexibility index (Phi) is 5.11. The third kappa shape index (κ3) is 3.52. The van der Waals surface area contributed by atoms with Gasteiger partial charge in [-0.25, -0.2) is 4.79 Å². The van der Waals surface area contributed by atoms with Crippen LogP contribution in [0.5, 0.6) is 0 Å². The number of rotatable bonds is 1. The Bertz CT molecular complexity index is 288. The number of nitrogens with zero attached hydrogens (tertiary/aromatic N) is 3. The number of thioether (sulfide) groups is 1. The van der Waals surface area contributed by atoms with Crippen molar-refractivity contribution in [1.29, 1.82) is 0 Å². The lowest BCUT2D eigenvalue weighted by Gasteiger charge is -2.37. The maximum atomic E-state index is 12.0. The molecular weight excluding hydrogens is 238 g/mol. The maximum Gasteiger partial charge on any atom is 0.320 e. The minimum absolute atomic E-state index is 0.0521. The van der Waals surface area contributed by atoms with Gasteiger partial charge in [-0.05, 0) is 20.1 Å². The van der Waals surface area contributed by atoms with Crippen molar-refractivity contribution in [3.8, 4) is 0 Å². The first-order chi connectivity index (χ1) is 7.97. The highest BCUT2D eigenvalue weighted by Crippen LogP contribution is 2.11. The molecule has 1 heterocycles. The molecule has 0 N–H and O–H groups in total. The van der Waals surface area contributed by atoms with Crippen molar-refractivity contribution >= 4 is 23.0 Å². The van der Waals surface area contributed by atoms with E-state index in [2.05, 4.69) is 0 Å². The van der Waals surface area contributed by atoms with Gasteiger partial charge < -0.3 is 14.7 Å². The Balaban J connectivity index is 2.47. The molecule has 0 bridgehead atoms. The van der Waals surface area contributed by atoms with Crippen LogP contribution in [0.4, 0.5) is 9.59 Å². The van der Waals surface area contributed by atoms with Crippen LogP contribution in [0.15, 0.2) is 0 Å². The van der Waals surface area contributed by atoms with Crippen LogP contribution in [0.25, 0.3) is 0 Å². The topological polar surface area (TPSA) is 43.9 Å². The smallest absolute Gasteiger partial charge is 0.320 e. The molecule has 0 radical (unpaired) electrons. The lowest BCUT2D eigenvalue weighted by Crippen LogP contribution is -2.53. The van der Waals surface area contributed by atoms with Crippen molar-refractivity contribution in [2.24, 2.45) is 0 Å². The molecule has 1 aliphatic heterocycles. The average Bonchev–Trinajstić information content (AvgIpc) is 2.36. The van der Waals surface area contributed by atoms with Gasteiger partial charge >= 0.3 is 6.03 Å². The summed E-state index contributed by atoms with van der Waals surface area (Å²) < 4.78 is 0. The van der Waals surface area contributed by atoms with Crippen molar-refractivity contribution in [2.45, 2.75) is 19.9 Å². The highest BCUT2D eigenvalue weighted by Gasteiger charge is 2.26. The lowest BCUT2D eigenvalue weighted by atomic mass is 10.3. The molecule has 1 rings (SSSR count). The SMILES string of the molecule is CSC(=O)N1CCN(C(=O)N(C)C(C)C)CC1. The molecule has 0 aliphatic carbocycles. The fourth-order valence-electron chi connectivity index (χ4n) is 1.65. The quantitative estimate of drug-likeness (QED) is 0.717. The number of urea groups is 1. The zero-order valence-electron chi connectivity index (χ0n) is 11.0. The summed E-state index contributed by atoms with van der Waals surface area (Å²) in [4.78, 5) is 28.8. The molecule has 1 fully saturated rings. The standard InChI is InChI=1S/C11H21N3O2S/c1-9(2)12(3)10(15)13-5-7-14(8-6-13)11(16)17-4/h9H,5-8H2,1-4H3. The van der Waals surface area contributed by atoms with Crippen molar-refractivity contribution in [3.05, 3.63) is 0 Å². The summed E-state index contributed by atoms with van der Waals surface area (Å²) in [5.41, 5.74) is 0. The molecule has 1 saturated heterocycles. The van der Waals surface area contributed by atoms with E-state index in [1.807, 2.05) is 25.8 Å². The fourth-order valence-corrected chi connectivity index (χ4v) is 2.09. The maximum absolute atomic E-state index is 12.0. The first-order valence-electron chi connectivity index (χ1n) is 5.82. The summed E-state index contributed by atoms with van der Waals surface area (Å²) in [6.45, 7) is 6.51. The molecule has 0 aromatic heterocycles. The Labute approximate surface area is 107 Å². The summed E-state index contributed by atoms with van der Waals surface area (Å²) in [6, 6.07) is 0.254. The molecule has 0 aromatic rings. The van der Waals surface area contributed by atoms with Gasteiger partial charge in [0.05, 0.1) is 0 Å². The molecule has 0 saturated carbocycles. The minimum atomic E-state index is 0.0521. The second kappa shape index (κ2) is 6.14. The van der Waals surface area contributed by atoms with Crippen molar-refractivity contribution in [2.75, 3.05) is 39.5 Å². The number of carbonyl (C=O) groups is 2. The molecule has 0 atom stereocenters. The Morgan fingerprint density at radius 3 is 2.00 bits per heavy atom. The van der Waals surface area contributed by atoms with Gasteiger partial charge in [0.1, 0.15) is 0 Å². The van der Waals surface area contributed by atoms with Crippen LogP contribution in [-0.2, 0) is 0 Å². The van der Waals surface area contributed by atoms with Gasteiger partial charge in [0.2, 0.25) is 0 Å². The number of hydrogen-bond donors (Lipinski definition) is 0. The Hall–Kier alpha value is -0.910. The predicted molar refractivity (Wildman–Crippen MR) is 70.4 cm³/mol. The largest absolute Gasteiger partial charge is 0.330 e. The summed E-state index contributed by atoms with van der Waals surface area (Å²) in [6.07, 6.45) is 1.78. The molecule has 0 aromatic carbocycles. The molecular formula is C11H21N3O2S. The minimum Gasteiger partial charge on any atom is -0.330 e. The van der Waals surface area contributed by atoms with E-state index in [0.29, 0.717) is 26.2 Å². The van der Waals surface area contributed by atoms with Crippen LogP contribution in [0.3, 0.4) is 0 Å². The summed E-state index contributed by atoms with van der Waals surface area (Å²) in [5.74, 6) is 0. The molecule has 98 valence electrons. The second-order valence-corrected chi connectivity index (χ2v) is 5.19. The normalized spacial score (nSPS) is 16.3. The van der Waals surface area contributed by atoms with Crippen LogP contribution in [0, 0.1) is 0 Å². The molecule has 17 heavy (non-hydrogen) atoms. The molecule has 0 unspecified atom stereocenters. The lowest BCUT2D eigenvalue weighted by molar-refractivity contribution is 0.124. The monoisotopic (exact) mass is 259 g/mol. The number of piperazine rings is 1. The van der Waals surface area contributed by atoms with Crippen LogP contribution in [-0.4, -0.2) is 71.5 Å². The van der Waals surface area contributed by atoms with Gasteiger partial charge in [0, 0.05) is 39.3 Å². The van der Waals surface area contributed by atoms with E-state index >= 15 is 0 Å². The number of hydrogen-bond acceptors (Lipinski definition) is 3. The zero-order valence-corrected chi connectivity index (χ0v) is 11.8. The molecule has 0 spiro atoms.